The van der Waals surface area contributed by atoms with Crippen LogP contribution in [-0.4, -0.2) is 20.9 Å². The SMILES string of the molecule is Cc1nccc(CNC(=O)Cc2nc3ccc(C4=CC=CC=CC4)cc3s2)n1. The molecule has 0 saturated carbocycles. The van der Waals surface area contributed by atoms with Gasteiger partial charge in [-0.1, -0.05) is 36.4 Å². The van der Waals surface area contributed by atoms with E-state index in [2.05, 4.69) is 56.7 Å². The Morgan fingerprint density at radius 1 is 1.18 bits per heavy atom. The summed E-state index contributed by atoms with van der Waals surface area (Å²) in [4.78, 5) is 25.3. The quantitative estimate of drug-likeness (QED) is 0.713. The molecule has 5 nitrogen and oxygen atoms in total. The van der Waals surface area contributed by atoms with Crippen molar-refractivity contribution in [3.63, 3.8) is 0 Å². The van der Waals surface area contributed by atoms with E-state index in [1.54, 1.807) is 23.6 Å². The Bertz CT molecular complexity index is 1110. The summed E-state index contributed by atoms with van der Waals surface area (Å²) < 4.78 is 1.10. The van der Waals surface area contributed by atoms with Crippen LogP contribution in [-0.2, 0) is 17.8 Å². The van der Waals surface area contributed by atoms with Gasteiger partial charge in [-0.05, 0) is 42.7 Å². The summed E-state index contributed by atoms with van der Waals surface area (Å²) in [6, 6.07) is 8.10. The first-order valence-corrected chi connectivity index (χ1v) is 9.96. The number of allylic oxidation sites excluding steroid dienone is 6. The van der Waals surface area contributed by atoms with E-state index in [4.69, 9.17) is 0 Å². The maximum absolute atomic E-state index is 12.3. The lowest BCUT2D eigenvalue weighted by molar-refractivity contribution is -0.120. The van der Waals surface area contributed by atoms with E-state index in [1.807, 2.05) is 19.1 Å². The van der Waals surface area contributed by atoms with Crippen LogP contribution in [0.4, 0.5) is 0 Å². The molecule has 0 unspecified atom stereocenters. The Labute approximate surface area is 167 Å². The predicted octanol–water partition coefficient (Wildman–Crippen LogP) is 4.15. The van der Waals surface area contributed by atoms with Crippen molar-refractivity contribution in [3.05, 3.63) is 82.9 Å². The van der Waals surface area contributed by atoms with E-state index in [1.165, 1.54) is 11.1 Å². The van der Waals surface area contributed by atoms with Crippen LogP contribution in [0.3, 0.4) is 0 Å². The topological polar surface area (TPSA) is 67.8 Å². The van der Waals surface area contributed by atoms with Crippen LogP contribution in [0.5, 0.6) is 0 Å². The van der Waals surface area contributed by atoms with Crippen LogP contribution < -0.4 is 5.32 Å². The molecule has 1 aromatic carbocycles. The summed E-state index contributed by atoms with van der Waals surface area (Å²) in [5.74, 6) is 0.640. The minimum Gasteiger partial charge on any atom is -0.350 e. The number of carbonyl (C=O) groups is 1. The zero-order valence-electron chi connectivity index (χ0n) is 15.6. The zero-order valence-corrected chi connectivity index (χ0v) is 16.4. The molecule has 4 rings (SSSR count). The third-order valence-corrected chi connectivity index (χ3v) is 5.43. The van der Waals surface area contributed by atoms with Crippen molar-refractivity contribution in [3.8, 4) is 0 Å². The fraction of sp³-hybridized carbons (Fsp3) is 0.182. The van der Waals surface area contributed by atoms with Gasteiger partial charge < -0.3 is 5.32 Å². The first-order chi connectivity index (χ1) is 13.7. The number of fused-ring (bicyclic) bond motifs is 1. The second-order valence-electron chi connectivity index (χ2n) is 6.55. The number of amides is 1. The van der Waals surface area contributed by atoms with Gasteiger partial charge in [0.15, 0.2) is 0 Å². The second-order valence-corrected chi connectivity index (χ2v) is 7.66. The second kappa shape index (κ2) is 8.27. The molecule has 6 heteroatoms. The number of hydrogen-bond acceptors (Lipinski definition) is 5. The van der Waals surface area contributed by atoms with Crippen LogP contribution in [0.1, 0.15) is 28.5 Å². The molecule has 140 valence electrons. The predicted molar refractivity (Wildman–Crippen MR) is 113 cm³/mol. The van der Waals surface area contributed by atoms with E-state index >= 15 is 0 Å². The molecule has 0 spiro atoms. The summed E-state index contributed by atoms with van der Waals surface area (Å²) in [5.41, 5.74) is 4.21. The van der Waals surface area contributed by atoms with Gasteiger partial charge in [-0.2, -0.15) is 0 Å². The fourth-order valence-corrected chi connectivity index (χ4v) is 4.04. The van der Waals surface area contributed by atoms with E-state index < -0.39 is 0 Å². The molecule has 0 radical (unpaired) electrons. The van der Waals surface area contributed by atoms with Crippen molar-refractivity contribution >= 4 is 33.0 Å². The van der Waals surface area contributed by atoms with Crippen LogP contribution in [0.15, 0.2) is 60.8 Å². The molecule has 0 atom stereocenters. The van der Waals surface area contributed by atoms with Gasteiger partial charge >= 0.3 is 0 Å². The summed E-state index contributed by atoms with van der Waals surface area (Å²) in [6.07, 6.45) is 13.3. The van der Waals surface area contributed by atoms with Crippen LogP contribution >= 0.6 is 11.3 Å². The molecule has 0 fully saturated rings. The van der Waals surface area contributed by atoms with Gasteiger partial charge in [0.05, 0.1) is 28.9 Å². The summed E-state index contributed by atoms with van der Waals surface area (Å²) >= 11 is 1.57. The molecule has 1 amide bonds. The van der Waals surface area contributed by atoms with Crippen molar-refractivity contribution in [1.29, 1.82) is 0 Å². The van der Waals surface area contributed by atoms with Gasteiger partial charge in [0.1, 0.15) is 10.8 Å². The molecule has 2 aromatic heterocycles. The van der Waals surface area contributed by atoms with Gasteiger partial charge in [-0.15, -0.1) is 11.3 Å². The number of benzene rings is 1. The Morgan fingerprint density at radius 2 is 2.11 bits per heavy atom. The highest BCUT2D eigenvalue weighted by Crippen LogP contribution is 2.28. The lowest BCUT2D eigenvalue weighted by Gasteiger charge is -2.03. The Kier molecular flexibility index (Phi) is 5.39. The number of carbonyl (C=O) groups excluding carboxylic acids is 1. The molecule has 0 saturated heterocycles. The summed E-state index contributed by atoms with van der Waals surface area (Å²) in [5, 5.41) is 3.72. The molecule has 28 heavy (non-hydrogen) atoms. The molecule has 1 aliphatic rings. The van der Waals surface area contributed by atoms with Crippen LogP contribution in [0, 0.1) is 6.92 Å². The smallest absolute Gasteiger partial charge is 0.227 e. The van der Waals surface area contributed by atoms with Gasteiger partial charge in [-0.25, -0.2) is 15.0 Å². The van der Waals surface area contributed by atoms with E-state index in [0.717, 1.165) is 27.3 Å². The highest BCUT2D eigenvalue weighted by atomic mass is 32.1. The first-order valence-electron chi connectivity index (χ1n) is 9.15. The minimum atomic E-state index is -0.0581. The Hall–Kier alpha value is -3.12. The number of nitrogens with zero attached hydrogens (tertiary/aromatic N) is 3. The molecule has 3 aromatic rings. The lowest BCUT2D eigenvalue weighted by atomic mass is 10.0. The van der Waals surface area contributed by atoms with E-state index in [-0.39, 0.29) is 12.3 Å². The number of hydrogen-bond donors (Lipinski definition) is 1. The average molecular weight is 388 g/mol. The Morgan fingerprint density at radius 3 is 3.00 bits per heavy atom. The van der Waals surface area contributed by atoms with Gasteiger partial charge in [0.25, 0.3) is 0 Å². The fourth-order valence-electron chi connectivity index (χ4n) is 3.03. The molecule has 1 aliphatic carbocycles. The number of aromatic nitrogens is 3. The summed E-state index contributed by atoms with van der Waals surface area (Å²) in [7, 11) is 0. The first kappa shape index (κ1) is 18.3. The molecule has 2 heterocycles. The zero-order chi connectivity index (χ0) is 19.3. The Balaban J connectivity index is 1.44. The van der Waals surface area contributed by atoms with Crippen LogP contribution in [0.2, 0.25) is 0 Å². The molecule has 1 N–H and O–H groups in total. The molecular weight excluding hydrogens is 368 g/mol. The minimum absolute atomic E-state index is 0.0581. The molecule has 0 aliphatic heterocycles. The van der Waals surface area contributed by atoms with Crippen LogP contribution in [0.25, 0.3) is 15.8 Å². The maximum Gasteiger partial charge on any atom is 0.227 e. The number of rotatable bonds is 5. The van der Waals surface area contributed by atoms with Gasteiger partial charge in [0.2, 0.25) is 5.91 Å². The largest absolute Gasteiger partial charge is 0.350 e. The highest BCUT2D eigenvalue weighted by Gasteiger charge is 2.11. The van der Waals surface area contributed by atoms with Crippen molar-refractivity contribution in [2.45, 2.75) is 26.3 Å². The van der Waals surface area contributed by atoms with Crippen molar-refractivity contribution in [1.82, 2.24) is 20.3 Å². The number of thiazole rings is 1. The number of nitrogens with one attached hydrogen (secondary N) is 1. The summed E-state index contributed by atoms with van der Waals surface area (Å²) in [6.45, 7) is 2.23. The van der Waals surface area contributed by atoms with Gasteiger partial charge in [-0.3, -0.25) is 4.79 Å². The third kappa shape index (κ3) is 4.40. The lowest BCUT2D eigenvalue weighted by Crippen LogP contribution is -2.25. The molecule has 0 bridgehead atoms. The van der Waals surface area contributed by atoms with E-state index in [0.29, 0.717) is 12.4 Å². The monoisotopic (exact) mass is 388 g/mol. The average Bonchev–Trinajstić information content (AvgIpc) is 2.89. The van der Waals surface area contributed by atoms with Crippen molar-refractivity contribution in [2.24, 2.45) is 0 Å². The van der Waals surface area contributed by atoms with Crippen molar-refractivity contribution in [2.75, 3.05) is 0 Å². The van der Waals surface area contributed by atoms with Gasteiger partial charge in [0, 0.05) is 6.20 Å². The number of aryl methyl sites for hydroxylation is 1. The maximum atomic E-state index is 12.3. The normalized spacial score (nSPS) is 13.4. The van der Waals surface area contributed by atoms with Crippen molar-refractivity contribution < 1.29 is 4.79 Å². The van der Waals surface area contributed by atoms with E-state index in [9.17, 15) is 4.79 Å². The highest BCUT2D eigenvalue weighted by molar-refractivity contribution is 7.18. The third-order valence-electron chi connectivity index (χ3n) is 4.41. The standard InChI is InChI=1S/C22H20N4OS/c1-15-23-11-10-18(25-15)14-24-21(27)13-22-26-19-9-8-17(12-20(19)28-22)16-6-4-2-3-5-7-16/h2-6,8-12H,7,13-14H2,1H3,(H,24,27). The molecular formula is C22H20N4OS.